The van der Waals surface area contributed by atoms with Crippen molar-refractivity contribution < 1.29 is 13.5 Å². The highest BCUT2D eigenvalue weighted by Crippen LogP contribution is 2.09. The van der Waals surface area contributed by atoms with Gasteiger partial charge in [0.2, 0.25) is 0 Å². The first-order valence-corrected chi connectivity index (χ1v) is 5.72. The summed E-state index contributed by atoms with van der Waals surface area (Å²) in [5.74, 6) is -1.66. The Morgan fingerprint density at radius 2 is 2.00 bits per heavy atom. The lowest BCUT2D eigenvalue weighted by Gasteiger charge is -1.99. The van der Waals surface area contributed by atoms with Gasteiger partial charge < -0.3 is 4.74 Å². The highest BCUT2D eigenvalue weighted by Gasteiger charge is 1.99. The van der Waals surface area contributed by atoms with E-state index in [-0.39, 0.29) is 0 Å². The monoisotopic (exact) mass is 239 g/mol. The molecule has 0 atom stereocenters. The Balaban J connectivity index is 2.26. The standard InChI is InChI=1S/C14H17F2O/c1-2-3-4-9-17-10-5-6-12-7-8-13(15)14(16)11-12/h5-8,11H,1-4,9-10H2. The average Bonchev–Trinajstić information content (AvgIpc) is 2.32. The van der Waals surface area contributed by atoms with Gasteiger partial charge in [0, 0.05) is 6.61 Å². The van der Waals surface area contributed by atoms with Gasteiger partial charge in [-0.3, -0.25) is 0 Å². The molecule has 0 N–H and O–H groups in total. The molecule has 93 valence electrons. The zero-order valence-corrected chi connectivity index (χ0v) is 9.79. The molecule has 1 nitrogen and oxygen atoms in total. The van der Waals surface area contributed by atoms with Crippen LogP contribution in [0, 0.1) is 18.6 Å². The van der Waals surface area contributed by atoms with Crippen molar-refractivity contribution in [2.75, 3.05) is 13.2 Å². The van der Waals surface area contributed by atoms with E-state index in [1.807, 2.05) is 0 Å². The maximum atomic E-state index is 12.8. The summed E-state index contributed by atoms with van der Waals surface area (Å²) in [5, 5.41) is 0. The van der Waals surface area contributed by atoms with Crippen LogP contribution in [0.3, 0.4) is 0 Å². The molecule has 0 aliphatic rings. The molecule has 1 aromatic carbocycles. The van der Waals surface area contributed by atoms with Gasteiger partial charge in [-0.15, -0.1) is 0 Å². The third-order valence-corrected chi connectivity index (χ3v) is 2.26. The normalized spacial score (nSPS) is 11.2. The van der Waals surface area contributed by atoms with E-state index in [9.17, 15) is 8.78 Å². The summed E-state index contributed by atoms with van der Waals surface area (Å²) < 4.78 is 30.8. The summed E-state index contributed by atoms with van der Waals surface area (Å²) in [6, 6.07) is 3.80. The van der Waals surface area contributed by atoms with Crippen molar-refractivity contribution >= 4 is 6.08 Å². The van der Waals surface area contributed by atoms with Crippen molar-refractivity contribution in [3.8, 4) is 0 Å². The van der Waals surface area contributed by atoms with Gasteiger partial charge >= 0.3 is 0 Å². The molecule has 0 unspecified atom stereocenters. The lowest BCUT2D eigenvalue weighted by atomic mass is 10.2. The van der Waals surface area contributed by atoms with Crippen LogP contribution in [0.15, 0.2) is 24.3 Å². The van der Waals surface area contributed by atoms with E-state index in [0.29, 0.717) is 18.8 Å². The number of hydrogen-bond acceptors (Lipinski definition) is 1. The van der Waals surface area contributed by atoms with Crippen molar-refractivity contribution in [1.82, 2.24) is 0 Å². The molecule has 0 aliphatic heterocycles. The van der Waals surface area contributed by atoms with Crippen LogP contribution in [0.5, 0.6) is 0 Å². The molecule has 0 saturated carbocycles. The SMILES string of the molecule is [CH2]CCCCOCC=Cc1ccc(F)c(F)c1. The van der Waals surface area contributed by atoms with Gasteiger partial charge in [-0.05, 0) is 24.1 Å². The molecule has 0 amide bonds. The summed E-state index contributed by atoms with van der Waals surface area (Å²) in [4.78, 5) is 0. The minimum Gasteiger partial charge on any atom is -0.377 e. The van der Waals surface area contributed by atoms with E-state index in [1.165, 1.54) is 6.07 Å². The van der Waals surface area contributed by atoms with Crippen LogP contribution in [0.25, 0.3) is 6.08 Å². The molecule has 0 bridgehead atoms. The molecular weight excluding hydrogens is 222 g/mol. The Bertz CT molecular complexity index is 361. The first-order chi connectivity index (χ1) is 8.24. The molecule has 0 aromatic heterocycles. The van der Waals surface area contributed by atoms with Crippen molar-refractivity contribution in [3.63, 3.8) is 0 Å². The third kappa shape index (κ3) is 5.59. The van der Waals surface area contributed by atoms with E-state index >= 15 is 0 Å². The topological polar surface area (TPSA) is 9.23 Å². The lowest BCUT2D eigenvalue weighted by Crippen LogP contribution is -1.93. The Hall–Kier alpha value is -1.22. The quantitative estimate of drug-likeness (QED) is 0.653. The molecule has 1 rings (SSSR count). The van der Waals surface area contributed by atoms with Crippen LogP contribution < -0.4 is 0 Å². The number of ether oxygens (including phenoxy) is 1. The molecule has 17 heavy (non-hydrogen) atoms. The highest BCUT2D eigenvalue weighted by atomic mass is 19.2. The second-order valence-corrected chi connectivity index (χ2v) is 3.71. The fraction of sp³-hybridized carbons (Fsp3) is 0.357. The van der Waals surface area contributed by atoms with Gasteiger partial charge in [0.1, 0.15) is 0 Å². The number of benzene rings is 1. The van der Waals surface area contributed by atoms with Gasteiger partial charge in [0.15, 0.2) is 11.6 Å². The fourth-order valence-corrected chi connectivity index (χ4v) is 1.33. The number of rotatable bonds is 7. The molecule has 1 aromatic rings. The number of halogens is 2. The molecule has 0 spiro atoms. The molecule has 3 heteroatoms. The van der Waals surface area contributed by atoms with Crippen molar-refractivity contribution in [2.24, 2.45) is 0 Å². The minimum absolute atomic E-state index is 0.482. The highest BCUT2D eigenvalue weighted by molar-refractivity contribution is 5.49. The van der Waals surface area contributed by atoms with E-state index in [0.717, 1.165) is 31.4 Å². The minimum atomic E-state index is -0.830. The first-order valence-electron chi connectivity index (χ1n) is 5.72. The second-order valence-electron chi connectivity index (χ2n) is 3.71. The predicted molar refractivity (Wildman–Crippen MR) is 65.4 cm³/mol. The van der Waals surface area contributed by atoms with Crippen LogP contribution in [0.1, 0.15) is 24.8 Å². The summed E-state index contributed by atoms with van der Waals surface area (Å²) in [5.41, 5.74) is 0.630. The molecule has 0 saturated heterocycles. The molecule has 0 heterocycles. The van der Waals surface area contributed by atoms with Crippen molar-refractivity contribution in [3.05, 3.63) is 48.4 Å². The fourth-order valence-electron chi connectivity index (χ4n) is 1.33. The van der Waals surface area contributed by atoms with Crippen LogP contribution in [0.4, 0.5) is 8.78 Å². The van der Waals surface area contributed by atoms with Crippen molar-refractivity contribution in [2.45, 2.75) is 19.3 Å². The molecule has 1 radical (unpaired) electrons. The molecule has 0 aliphatic carbocycles. The number of unbranched alkanes of at least 4 members (excludes halogenated alkanes) is 2. The Morgan fingerprint density at radius 1 is 1.18 bits per heavy atom. The van der Waals surface area contributed by atoms with E-state index in [2.05, 4.69) is 6.92 Å². The van der Waals surface area contributed by atoms with Crippen LogP contribution in [-0.2, 0) is 4.74 Å². The van der Waals surface area contributed by atoms with E-state index < -0.39 is 11.6 Å². The summed E-state index contributed by atoms with van der Waals surface area (Å²) in [6.07, 6.45) is 6.49. The summed E-state index contributed by atoms with van der Waals surface area (Å²) in [7, 11) is 0. The van der Waals surface area contributed by atoms with E-state index in [1.54, 1.807) is 12.2 Å². The van der Waals surface area contributed by atoms with Gasteiger partial charge in [-0.1, -0.05) is 38.0 Å². The van der Waals surface area contributed by atoms with Gasteiger partial charge in [0.25, 0.3) is 0 Å². The summed E-state index contributed by atoms with van der Waals surface area (Å²) >= 11 is 0. The second kappa shape index (κ2) is 7.96. The third-order valence-electron chi connectivity index (χ3n) is 2.26. The number of hydrogen-bond donors (Lipinski definition) is 0. The summed E-state index contributed by atoms with van der Waals surface area (Å²) in [6.45, 7) is 4.93. The predicted octanol–water partition coefficient (Wildman–Crippen LogP) is 4.00. The van der Waals surface area contributed by atoms with Crippen LogP contribution in [-0.4, -0.2) is 13.2 Å². The van der Waals surface area contributed by atoms with Crippen LogP contribution in [0.2, 0.25) is 0 Å². The zero-order valence-electron chi connectivity index (χ0n) is 9.79. The van der Waals surface area contributed by atoms with Gasteiger partial charge in [-0.2, -0.15) is 0 Å². The Morgan fingerprint density at radius 3 is 2.71 bits per heavy atom. The zero-order chi connectivity index (χ0) is 12.5. The van der Waals surface area contributed by atoms with Gasteiger partial charge in [0.05, 0.1) is 6.61 Å². The average molecular weight is 239 g/mol. The van der Waals surface area contributed by atoms with Crippen molar-refractivity contribution in [1.29, 1.82) is 0 Å². The van der Waals surface area contributed by atoms with Crippen LogP contribution >= 0.6 is 0 Å². The lowest BCUT2D eigenvalue weighted by molar-refractivity contribution is 0.158. The Labute approximate surface area is 101 Å². The maximum Gasteiger partial charge on any atom is 0.159 e. The Kier molecular flexibility index (Phi) is 6.48. The largest absolute Gasteiger partial charge is 0.377 e. The molecule has 0 fully saturated rings. The molecular formula is C14H17F2O. The first kappa shape index (κ1) is 13.8. The van der Waals surface area contributed by atoms with E-state index in [4.69, 9.17) is 4.74 Å². The van der Waals surface area contributed by atoms with Gasteiger partial charge in [-0.25, -0.2) is 8.78 Å². The maximum absolute atomic E-state index is 12.8. The smallest absolute Gasteiger partial charge is 0.159 e.